The molecule has 0 spiro atoms. The number of nitrogens with one attached hydrogen (secondary N) is 1. The average molecular weight is 367 g/mol. The lowest BCUT2D eigenvalue weighted by Crippen LogP contribution is -1.95. The monoisotopic (exact) mass is 366 g/mol. The van der Waals surface area contributed by atoms with Crippen molar-refractivity contribution in [3.8, 4) is 11.1 Å². The van der Waals surface area contributed by atoms with Gasteiger partial charge in [0.1, 0.15) is 18.0 Å². The quantitative estimate of drug-likeness (QED) is 0.502. The Balaban J connectivity index is 1.77. The fourth-order valence-corrected chi connectivity index (χ4v) is 3.25. The molecule has 1 N–H and O–H groups in total. The molecule has 0 unspecified atom stereocenters. The predicted molar refractivity (Wildman–Crippen MR) is 103 cm³/mol. The van der Waals surface area contributed by atoms with Gasteiger partial charge in [0.15, 0.2) is 0 Å². The molecule has 122 valence electrons. The highest BCUT2D eigenvalue weighted by molar-refractivity contribution is 6.39. The molecule has 25 heavy (non-hydrogen) atoms. The van der Waals surface area contributed by atoms with Gasteiger partial charge in [0.2, 0.25) is 0 Å². The standard InChI is InChI=1S/C19H12Cl2N4/c20-15-2-1-3-16(21)19(15)12-4-5-13-10-23-18(9-14(13)8-12)25-17-6-7-22-11-24-17/h1-11H,(H,22,23,24,25). The first-order valence-corrected chi connectivity index (χ1v) is 8.33. The highest BCUT2D eigenvalue weighted by Crippen LogP contribution is 2.36. The number of anilines is 2. The summed E-state index contributed by atoms with van der Waals surface area (Å²) >= 11 is 12.7. The molecule has 4 rings (SSSR count). The molecular weight excluding hydrogens is 355 g/mol. The second kappa shape index (κ2) is 6.67. The lowest BCUT2D eigenvalue weighted by atomic mass is 10.0. The molecule has 0 amide bonds. The first-order valence-electron chi connectivity index (χ1n) is 7.58. The Morgan fingerprint density at radius 2 is 1.64 bits per heavy atom. The molecule has 0 aliphatic heterocycles. The fourth-order valence-electron chi connectivity index (χ4n) is 2.63. The maximum atomic E-state index is 6.33. The molecule has 0 aliphatic carbocycles. The summed E-state index contributed by atoms with van der Waals surface area (Å²) in [5.41, 5.74) is 1.79. The lowest BCUT2D eigenvalue weighted by Gasteiger charge is -2.10. The number of nitrogens with zero attached hydrogens (tertiary/aromatic N) is 3. The molecule has 0 radical (unpaired) electrons. The van der Waals surface area contributed by atoms with Crippen molar-refractivity contribution in [3.63, 3.8) is 0 Å². The van der Waals surface area contributed by atoms with E-state index in [-0.39, 0.29) is 0 Å². The van der Waals surface area contributed by atoms with Gasteiger partial charge in [0.05, 0.1) is 0 Å². The van der Waals surface area contributed by atoms with Gasteiger partial charge in [-0.3, -0.25) is 0 Å². The molecule has 0 saturated heterocycles. The zero-order chi connectivity index (χ0) is 17.2. The fraction of sp³-hybridized carbons (Fsp3) is 0. The summed E-state index contributed by atoms with van der Waals surface area (Å²) in [7, 11) is 0. The first-order chi connectivity index (χ1) is 12.2. The van der Waals surface area contributed by atoms with Crippen LogP contribution in [0.2, 0.25) is 10.0 Å². The summed E-state index contributed by atoms with van der Waals surface area (Å²) in [4.78, 5) is 12.5. The van der Waals surface area contributed by atoms with Crippen LogP contribution in [0.15, 0.2) is 67.3 Å². The molecule has 6 heteroatoms. The smallest absolute Gasteiger partial charge is 0.134 e. The van der Waals surface area contributed by atoms with Crippen molar-refractivity contribution >= 4 is 45.6 Å². The van der Waals surface area contributed by atoms with Crippen LogP contribution >= 0.6 is 23.2 Å². The molecule has 0 bridgehead atoms. The molecule has 4 aromatic rings. The van der Waals surface area contributed by atoms with E-state index >= 15 is 0 Å². The van der Waals surface area contributed by atoms with Crippen molar-refractivity contribution in [2.24, 2.45) is 0 Å². The van der Waals surface area contributed by atoms with Gasteiger partial charge in [0.25, 0.3) is 0 Å². The Hall–Kier alpha value is -2.69. The molecular formula is C19H12Cl2N4. The molecule has 2 aromatic heterocycles. The van der Waals surface area contributed by atoms with Gasteiger partial charge in [-0.2, -0.15) is 0 Å². The van der Waals surface area contributed by atoms with E-state index in [0.29, 0.717) is 21.7 Å². The van der Waals surface area contributed by atoms with Crippen LogP contribution in [0.3, 0.4) is 0 Å². The van der Waals surface area contributed by atoms with Gasteiger partial charge in [0, 0.05) is 33.4 Å². The van der Waals surface area contributed by atoms with Crippen molar-refractivity contribution < 1.29 is 0 Å². The van der Waals surface area contributed by atoms with Crippen LogP contribution in [0.1, 0.15) is 0 Å². The van der Waals surface area contributed by atoms with E-state index in [1.165, 1.54) is 6.33 Å². The maximum absolute atomic E-state index is 6.33. The lowest BCUT2D eigenvalue weighted by molar-refractivity contribution is 1.16. The molecule has 0 saturated carbocycles. The molecule has 0 atom stereocenters. The number of aromatic nitrogens is 3. The second-order valence-corrected chi connectivity index (χ2v) is 6.26. The van der Waals surface area contributed by atoms with Crippen molar-refractivity contribution in [3.05, 3.63) is 77.3 Å². The average Bonchev–Trinajstić information content (AvgIpc) is 2.62. The van der Waals surface area contributed by atoms with Gasteiger partial charge in [-0.05, 0) is 41.3 Å². The van der Waals surface area contributed by atoms with Crippen molar-refractivity contribution in [1.29, 1.82) is 0 Å². The Kier molecular flexibility index (Phi) is 4.22. The number of benzene rings is 2. The van der Waals surface area contributed by atoms with Gasteiger partial charge in [-0.1, -0.05) is 41.4 Å². The third-order valence-electron chi connectivity index (χ3n) is 3.81. The minimum Gasteiger partial charge on any atom is -0.325 e. The van der Waals surface area contributed by atoms with E-state index in [2.05, 4.69) is 26.3 Å². The highest BCUT2D eigenvalue weighted by Gasteiger charge is 2.09. The molecule has 2 aromatic carbocycles. The normalized spacial score (nSPS) is 10.8. The predicted octanol–water partition coefficient (Wildman–Crippen LogP) is 5.74. The topological polar surface area (TPSA) is 50.7 Å². The maximum Gasteiger partial charge on any atom is 0.134 e. The van der Waals surface area contributed by atoms with Crippen LogP contribution in [0.4, 0.5) is 11.6 Å². The molecule has 2 heterocycles. The van der Waals surface area contributed by atoms with Crippen molar-refractivity contribution in [1.82, 2.24) is 15.0 Å². The summed E-state index contributed by atoms with van der Waals surface area (Å²) < 4.78 is 0. The van der Waals surface area contributed by atoms with E-state index in [9.17, 15) is 0 Å². The molecule has 0 fully saturated rings. The summed E-state index contributed by atoms with van der Waals surface area (Å²) in [5.74, 6) is 1.39. The van der Waals surface area contributed by atoms with E-state index in [1.807, 2.05) is 42.6 Å². The number of rotatable bonds is 3. The minimum absolute atomic E-state index is 0.625. The third kappa shape index (κ3) is 3.27. The van der Waals surface area contributed by atoms with Crippen molar-refractivity contribution in [2.45, 2.75) is 0 Å². The third-order valence-corrected chi connectivity index (χ3v) is 4.44. The van der Waals surface area contributed by atoms with Crippen LogP contribution in [-0.2, 0) is 0 Å². The Bertz CT molecular complexity index is 1030. The number of hydrogen-bond acceptors (Lipinski definition) is 4. The summed E-state index contributed by atoms with van der Waals surface area (Å²) in [6, 6.07) is 15.3. The van der Waals surface area contributed by atoms with E-state index in [4.69, 9.17) is 23.2 Å². The van der Waals surface area contributed by atoms with Gasteiger partial charge >= 0.3 is 0 Å². The largest absolute Gasteiger partial charge is 0.325 e. The minimum atomic E-state index is 0.625. The van der Waals surface area contributed by atoms with Crippen LogP contribution in [0.25, 0.3) is 21.9 Å². The van der Waals surface area contributed by atoms with Crippen LogP contribution < -0.4 is 5.32 Å². The zero-order valence-corrected chi connectivity index (χ0v) is 14.5. The van der Waals surface area contributed by atoms with Gasteiger partial charge < -0.3 is 5.32 Å². The summed E-state index contributed by atoms with van der Waals surface area (Å²) in [6.45, 7) is 0. The molecule has 0 aliphatic rings. The number of pyridine rings is 1. The second-order valence-electron chi connectivity index (χ2n) is 5.45. The van der Waals surface area contributed by atoms with E-state index < -0.39 is 0 Å². The van der Waals surface area contributed by atoms with Crippen LogP contribution in [-0.4, -0.2) is 15.0 Å². The van der Waals surface area contributed by atoms with Crippen molar-refractivity contribution in [2.75, 3.05) is 5.32 Å². The van der Waals surface area contributed by atoms with E-state index in [0.717, 1.165) is 21.9 Å². The summed E-state index contributed by atoms with van der Waals surface area (Å²) in [5, 5.41) is 6.47. The number of fused-ring (bicyclic) bond motifs is 1. The number of hydrogen-bond donors (Lipinski definition) is 1. The van der Waals surface area contributed by atoms with Crippen LogP contribution in [0, 0.1) is 0 Å². The SMILES string of the molecule is Clc1cccc(Cl)c1-c1ccc2cnc(Nc3ccncn3)cc2c1. The Morgan fingerprint density at radius 3 is 2.40 bits per heavy atom. The Morgan fingerprint density at radius 1 is 0.800 bits per heavy atom. The Labute approximate surface area is 154 Å². The summed E-state index contributed by atoms with van der Waals surface area (Å²) in [6.07, 6.45) is 4.98. The number of halogens is 2. The van der Waals surface area contributed by atoms with Gasteiger partial charge in [-0.15, -0.1) is 0 Å². The van der Waals surface area contributed by atoms with E-state index in [1.54, 1.807) is 12.3 Å². The van der Waals surface area contributed by atoms with Gasteiger partial charge in [-0.25, -0.2) is 15.0 Å². The van der Waals surface area contributed by atoms with Crippen LogP contribution in [0.5, 0.6) is 0 Å². The molecule has 4 nitrogen and oxygen atoms in total. The highest BCUT2D eigenvalue weighted by atomic mass is 35.5. The zero-order valence-electron chi connectivity index (χ0n) is 12.9. The first kappa shape index (κ1) is 15.8.